The molecule has 2 atom stereocenters. The molecule has 2 fully saturated rings. The van der Waals surface area contributed by atoms with Crippen molar-refractivity contribution in [2.24, 2.45) is 0 Å². The van der Waals surface area contributed by atoms with E-state index in [-0.39, 0.29) is 53.4 Å². The Morgan fingerprint density at radius 3 is 2.57 bits per heavy atom. The van der Waals surface area contributed by atoms with Gasteiger partial charge < -0.3 is 24.8 Å². The highest BCUT2D eigenvalue weighted by molar-refractivity contribution is 7.12. The number of carbonyl (C=O) groups is 7. The van der Waals surface area contributed by atoms with Crippen molar-refractivity contribution in [1.82, 2.24) is 25.3 Å². The second-order valence-corrected chi connectivity index (χ2v) is 11.7. The number of likely N-dealkylation sites (N-methyl/N-ethyl adjacent to an activating group) is 1. The molecule has 1 aromatic carbocycles. The summed E-state index contributed by atoms with van der Waals surface area (Å²) in [5, 5.41) is 6.59. The average molecular weight is 624 g/mol. The Hall–Kier alpha value is -4.59. The molecular formula is C30H33N5O8S. The van der Waals surface area contributed by atoms with Crippen LogP contribution in [0.5, 0.6) is 0 Å². The Kier molecular flexibility index (Phi) is 9.09. The number of amides is 6. The first-order chi connectivity index (χ1) is 21.2. The summed E-state index contributed by atoms with van der Waals surface area (Å²) in [6, 6.07) is 3.90. The molecule has 5 rings (SSSR count). The zero-order valence-electron chi connectivity index (χ0n) is 24.4. The fourth-order valence-electron chi connectivity index (χ4n) is 5.95. The van der Waals surface area contributed by atoms with E-state index in [1.807, 2.05) is 0 Å². The lowest BCUT2D eigenvalue weighted by Gasteiger charge is -2.32. The average Bonchev–Trinajstić information content (AvgIpc) is 3.78. The Bertz CT molecular complexity index is 1530. The summed E-state index contributed by atoms with van der Waals surface area (Å²) < 4.78 is 4.93. The minimum atomic E-state index is -1.37. The molecule has 6 amide bonds. The molecule has 2 N–H and O–H groups in total. The highest BCUT2D eigenvalue weighted by Crippen LogP contribution is 2.34. The molecule has 2 saturated heterocycles. The molecule has 0 radical (unpaired) electrons. The van der Waals surface area contributed by atoms with Crippen molar-refractivity contribution in [1.29, 1.82) is 0 Å². The van der Waals surface area contributed by atoms with E-state index in [2.05, 4.69) is 10.6 Å². The molecule has 1 aromatic heterocycles. The van der Waals surface area contributed by atoms with Crippen LogP contribution in [0.2, 0.25) is 0 Å². The third-order valence-corrected chi connectivity index (χ3v) is 9.02. The summed E-state index contributed by atoms with van der Waals surface area (Å²) in [7, 11) is 1.21. The second-order valence-electron chi connectivity index (χ2n) is 10.7. The standard InChI is InChI=1S/C30H33N5O8S/c1-3-31-27(39)24(19-11-14-44-25(19)30(42)43-2)35(16-23(37)33-12-4-5-13-33)29(41)18-8-6-7-17-20(18)15-34(28(17)40)21-9-10-22(36)32-26(21)38/h6-8,11,14,21,24H,3-5,9-10,12-13,15-16H2,1-2H3,(H,31,39)(H,32,36,38). The minimum Gasteiger partial charge on any atom is -0.465 e. The van der Waals surface area contributed by atoms with Crippen LogP contribution < -0.4 is 10.6 Å². The maximum absolute atomic E-state index is 14.6. The predicted molar refractivity (Wildman–Crippen MR) is 156 cm³/mol. The SMILES string of the molecule is CCNC(=O)C(c1ccsc1C(=O)OC)N(CC(=O)N1CCCC1)C(=O)c1cccc2c1CN(C1CCC(=O)NC1=O)C2=O. The van der Waals surface area contributed by atoms with Gasteiger partial charge in [0, 0.05) is 49.3 Å². The van der Waals surface area contributed by atoms with Gasteiger partial charge in [0.25, 0.3) is 11.8 Å². The Morgan fingerprint density at radius 2 is 1.89 bits per heavy atom. The second kappa shape index (κ2) is 13.0. The summed E-state index contributed by atoms with van der Waals surface area (Å²) in [5.41, 5.74) is 0.860. The van der Waals surface area contributed by atoms with Gasteiger partial charge in [0.2, 0.25) is 23.6 Å². The molecule has 0 aliphatic carbocycles. The van der Waals surface area contributed by atoms with E-state index < -0.39 is 54.1 Å². The molecule has 13 nitrogen and oxygen atoms in total. The molecule has 44 heavy (non-hydrogen) atoms. The van der Waals surface area contributed by atoms with E-state index >= 15 is 0 Å². The molecule has 2 aromatic rings. The van der Waals surface area contributed by atoms with Gasteiger partial charge in [0.15, 0.2) is 0 Å². The van der Waals surface area contributed by atoms with Crippen molar-refractivity contribution in [2.75, 3.05) is 33.3 Å². The molecule has 232 valence electrons. The number of likely N-dealkylation sites (tertiary alicyclic amines) is 1. The lowest BCUT2D eigenvalue weighted by molar-refractivity contribution is -0.137. The van der Waals surface area contributed by atoms with E-state index in [4.69, 9.17) is 4.74 Å². The summed E-state index contributed by atoms with van der Waals surface area (Å²) in [5.74, 6) is -3.78. The first-order valence-electron chi connectivity index (χ1n) is 14.4. The van der Waals surface area contributed by atoms with Crippen molar-refractivity contribution in [3.8, 4) is 0 Å². The highest BCUT2D eigenvalue weighted by Gasteiger charge is 2.43. The fourth-order valence-corrected chi connectivity index (χ4v) is 6.79. The van der Waals surface area contributed by atoms with E-state index in [1.54, 1.807) is 29.3 Å². The number of esters is 1. The molecule has 3 aliphatic heterocycles. The van der Waals surface area contributed by atoms with Gasteiger partial charge in [-0.1, -0.05) is 6.07 Å². The number of benzene rings is 1. The van der Waals surface area contributed by atoms with Crippen molar-refractivity contribution < 1.29 is 38.3 Å². The number of nitrogens with zero attached hydrogens (tertiary/aromatic N) is 3. The first-order valence-corrected chi connectivity index (χ1v) is 15.3. The molecule has 0 bridgehead atoms. The number of piperidine rings is 1. The topological polar surface area (TPSA) is 162 Å². The van der Waals surface area contributed by atoms with E-state index in [0.717, 1.165) is 29.1 Å². The summed E-state index contributed by atoms with van der Waals surface area (Å²) in [6.07, 6.45) is 1.87. The van der Waals surface area contributed by atoms with Crippen LogP contribution in [-0.2, 0) is 30.5 Å². The zero-order valence-corrected chi connectivity index (χ0v) is 25.2. The monoisotopic (exact) mass is 623 g/mol. The molecule has 3 aliphatic rings. The first kappa shape index (κ1) is 30.9. The van der Waals surface area contributed by atoms with Crippen LogP contribution in [0, 0.1) is 0 Å². The fraction of sp³-hybridized carbons (Fsp3) is 0.433. The van der Waals surface area contributed by atoms with E-state index in [0.29, 0.717) is 18.7 Å². The number of thiophene rings is 1. The molecule has 2 unspecified atom stereocenters. The number of fused-ring (bicyclic) bond motifs is 1. The van der Waals surface area contributed by atoms with Crippen LogP contribution in [0.25, 0.3) is 0 Å². The van der Waals surface area contributed by atoms with Crippen molar-refractivity contribution in [2.45, 2.75) is 51.2 Å². The van der Waals surface area contributed by atoms with Gasteiger partial charge in [0.05, 0.1) is 7.11 Å². The maximum Gasteiger partial charge on any atom is 0.348 e. The smallest absolute Gasteiger partial charge is 0.348 e. The third-order valence-electron chi connectivity index (χ3n) is 8.11. The number of carbonyl (C=O) groups excluding carboxylic acids is 7. The lowest BCUT2D eigenvalue weighted by Crippen LogP contribution is -2.52. The number of hydrogen-bond donors (Lipinski definition) is 2. The molecule has 4 heterocycles. The number of nitrogens with one attached hydrogen (secondary N) is 2. The van der Waals surface area contributed by atoms with Gasteiger partial charge in [-0.25, -0.2) is 4.79 Å². The van der Waals surface area contributed by atoms with E-state index in [9.17, 15) is 33.6 Å². The molecule has 14 heteroatoms. The Labute approximate surface area is 257 Å². The van der Waals surface area contributed by atoms with Crippen LogP contribution in [-0.4, -0.2) is 95.4 Å². The van der Waals surface area contributed by atoms with Crippen LogP contribution in [0.1, 0.15) is 80.2 Å². The van der Waals surface area contributed by atoms with E-state index in [1.165, 1.54) is 24.1 Å². The molecule has 0 spiro atoms. The normalized spacial score (nSPS) is 18.5. The molecule has 0 saturated carbocycles. The number of hydrogen-bond acceptors (Lipinski definition) is 9. The van der Waals surface area contributed by atoms with Crippen LogP contribution >= 0.6 is 11.3 Å². The lowest BCUT2D eigenvalue weighted by atomic mass is 9.99. The summed E-state index contributed by atoms with van der Waals surface area (Å²) >= 11 is 1.05. The summed E-state index contributed by atoms with van der Waals surface area (Å²) in [4.78, 5) is 96.4. The number of methoxy groups -OCH3 is 1. The third kappa shape index (κ3) is 5.81. The number of rotatable bonds is 9. The maximum atomic E-state index is 14.6. The highest BCUT2D eigenvalue weighted by atomic mass is 32.1. The number of ether oxygens (including phenoxy) is 1. The van der Waals surface area contributed by atoms with Crippen LogP contribution in [0.4, 0.5) is 0 Å². The van der Waals surface area contributed by atoms with Gasteiger partial charge in [-0.15, -0.1) is 11.3 Å². The Morgan fingerprint density at radius 1 is 1.14 bits per heavy atom. The van der Waals surface area contributed by atoms with Crippen LogP contribution in [0.15, 0.2) is 29.6 Å². The number of imide groups is 1. The van der Waals surface area contributed by atoms with Gasteiger partial charge >= 0.3 is 5.97 Å². The van der Waals surface area contributed by atoms with Gasteiger partial charge in [-0.2, -0.15) is 0 Å². The Balaban J connectivity index is 1.57. The van der Waals surface area contributed by atoms with Crippen molar-refractivity contribution in [3.05, 3.63) is 56.8 Å². The van der Waals surface area contributed by atoms with Gasteiger partial charge in [-0.05, 0) is 55.3 Å². The van der Waals surface area contributed by atoms with Crippen molar-refractivity contribution in [3.63, 3.8) is 0 Å². The zero-order chi connectivity index (χ0) is 31.5. The van der Waals surface area contributed by atoms with Gasteiger partial charge in [-0.3, -0.25) is 34.1 Å². The quantitative estimate of drug-likeness (QED) is 0.311. The van der Waals surface area contributed by atoms with Crippen molar-refractivity contribution >= 4 is 52.7 Å². The predicted octanol–water partition coefficient (Wildman–Crippen LogP) is 1.24. The van der Waals surface area contributed by atoms with Crippen LogP contribution in [0.3, 0.4) is 0 Å². The minimum absolute atomic E-state index is 0.0754. The largest absolute Gasteiger partial charge is 0.465 e. The summed E-state index contributed by atoms with van der Waals surface area (Å²) in [6.45, 7) is 2.46. The van der Waals surface area contributed by atoms with Gasteiger partial charge in [0.1, 0.15) is 23.5 Å². The molecular weight excluding hydrogens is 590 g/mol.